The predicted octanol–water partition coefficient (Wildman–Crippen LogP) is 4.31. The molecule has 0 bridgehead atoms. The summed E-state index contributed by atoms with van der Waals surface area (Å²) in [5, 5.41) is 9.35. The maximum absolute atomic E-state index is 11.5. The first kappa shape index (κ1) is 18.0. The van der Waals surface area contributed by atoms with E-state index in [0.717, 1.165) is 19.3 Å². The van der Waals surface area contributed by atoms with Crippen molar-refractivity contribution in [1.82, 2.24) is 0 Å². The second-order valence-corrected chi connectivity index (χ2v) is 6.40. The predicted molar refractivity (Wildman–Crippen MR) is 82.1 cm³/mol. The van der Waals surface area contributed by atoms with Gasteiger partial charge >= 0.3 is 11.9 Å². The van der Waals surface area contributed by atoms with Crippen LogP contribution in [0.5, 0.6) is 0 Å². The van der Waals surface area contributed by atoms with Crippen LogP contribution in [0.3, 0.4) is 0 Å². The maximum Gasteiger partial charge on any atom is 0.348 e. The SMILES string of the molecule is CCCCCCCCCCCC1(C(=O)O)CC(C)C(=O)O1. The number of cyclic esters (lactones) is 1. The van der Waals surface area contributed by atoms with Crippen molar-refractivity contribution in [2.75, 3.05) is 0 Å². The van der Waals surface area contributed by atoms with Crippen LogP contribution in [-0.4, -0.2) is 22.6 Å². The molecule has 0 aromatic rings. The van der Waals surface area contributed by atoms with E-state index < -0.39 is 11.6 Å². The van der Waals surface area contributed by atoms with E-state index in [1.165, 1.54) is 38.5 Å². The molecular weight excluding hydrogens is 268 g/mol. The molecule has 1 N–H and O–H groups in total. The lowest BCUT2D eigenvalue weighted by Crippen LogP contribution is -2.38. The number of unbranched alkanes of at least 4 members (excludes halogenated alkanes) is 8. The average molecular weight is 298 g/mol. The fourth-order valence-electron chi connectivity index (χ4n) is 3.02. The third-order valence-electron chi connectivity index (χ3n) is 4.41. The van der Waals surface area contributed by atoms with Gasteiger partial charge in [0.2, 0.25) is 5.60 Å². The summed E-state index contributed by atoms with van der Waals surface area (Å²) in [4.78, 5) is 22.9. The highest BCUT2D eigenvalue weighted by Gasteiger charge is 2.50. The Labute approximate surface area is 128 Å². The molecule has 0 saturated carbocycles. The zero-order valence-electron chi connectivity index (χ0n) is 13.5. The minimum Gasteiger partial charge on any atom is -0.478 e. The molecule has 0 spiro atoms. The summed E-state index contributed by atoms with van der Waals surface area (Å²) >= 11 is 0. The summed E-state index contributed by atoms with van der Waals surface area (Å²) in [5.41, 5.74) is -1.25. The highest BCUT2D eigenvalue weighted by molar-refractivity contribution is 5.86. The van der Waals surface area contributed by atoms with Crippen molar-refractivity contribution < 1.29 is 19.4 Å². The lowest BCUT2D eigenvalue weighted by atomic mass is 9.89. The normalized spacial score (nSPS) is 25.0. The molecule has 1 aliphatic heterocycles. The molecule has 0 aliphatic carbocycles. The Hall–Kier alpha value is -1.06. The van der Waals surface area contributed by atoms with Crippen molar-refractivity contribution >= 4 is 11.9 Å². The molecule has 4 heteroatoms. The molecule has 2 atom stereocenters. The number of carbonyl (C=O) groups is 2. The third-order valence-corrected chi connectivity index (χ3v) is 4.41. The number of hydrogen-bond acceptors (Lipinski definition) is 3. The summed E-state index contributed by atoms with van der Waals surface area (Å²) in [7, 11) is 0. The second-order valence-electron chi connectivity index (χ2n) is 6.40. The average Bonchev–Trinajstić information content (AvgIpc) is 2.73. The molecule has 1 fully saturated rings. The van der Waals surface area contributed by atoms with Gasteiger partial charge in [-0.05, 0) is 12.8 Å². The van der Waals surface area contributed by atoms with Gasteiger partial charge in [-0.25, -0.2) is 4.79 Å². The van der Waals surface area contributed by atoms with Crippen LogP contribution in [0.4, 0.5) is 0 Å². The number of esters is 1. The molecule has 1 aliphatic rings. The van der Waals surface area contributed by atoms with E-state index in [4.69, 9.17) is 4.74 Å². The van der Waals surface area contributed by atoms with Crippen LogP contribution in [0, 0.1) is 5.92 Å². The molecule has 1 heterocycles. The van der Waals surface area contributed by atoms with Crippen molar-refractivity contribution in [2.24, 2.45) is 5.92 Å². The molecule has 0 aromatic carbocycles. The molecule has 2 unspecified atom stereocenters. The van der Waals surface area contributed by atoms with E-state index in [-0.39, 0.29) is 11.9 Å². The van der Waals surface area contributed by atoms with Crippen molar-refractivity contribution in [3.05, 3.63) is 0 Å². The first-order valence-corrected chi connectivity index (χ1v) is 8.48. The van der Waals surface area contributed by atoms with Gasteiger partial charge < -0.3 is 9.84 Å². The van der Waals surface area contributed by atoms with Crippen molar-refractivity contribution in [2.45, 2.75) is 90.1 Å². The zero-order valence-corrected chi connectivity index (χ0v) is 13.5. The molecule has 0 aromatic heterocycles. The first-order chi connectivity index (χ1) is 10.0. The Kier molecular flexibility index (Phi) is 7.76. The molecule has 0 amide bonds. The van der Waals surface area contributed by atoms with Crippen LogP contribution in [-0.2, 0) is 14.3 Å². The molecule has 122 valence electrons. The number of carboxylic acids is 1. The van der Waals surface area contributed by atoms with Gasteiger partial charge in [-0.2, -0.15) is 0 Å². The minimum absolute atomic E-state index is 0.292. The van der Waals surface area contributed by atoms with Gasteiger partial charge in [0.05, 0.1) is 5.92 Å². The smallest absolute Gasteiger partial charge is 0.348 e. The summed E-state index contributed by atoms with van der Waals surface area (Å²) in [6.45, 7) is 3.96. The lowest BCUT2D eigenvalue weighted by molar-refractivity contribution is -0.170. The number of aliphatic carboxylic acids is 1. The summed E-state index contributed by atoms with van der Waals surface area (Å²) in [6.07, 6.45) is 11.5. The van der Waals surface area contributed by atoms with E-state index in [2.05, 4.69) is 6.92 Å². The van der Waals surface area contributed by atoms with Crippen LogP contribution >= 0.6 is 0 Å². The fourth-order valence-corrected chi connectivity index (χ4v) is 3.02. The van der Waals surface area contributed by atoms with Crippen LogP contribution < -0.4 is 0 Å². The molecule has 21 heavy (non-hydrogen) atoms. The second kappa shape index (κ2) is 9.06. The number of rotatable bonds is 11. The van der Waals surface area contributed by atoms with Crippen LogP contribution in [0.1, 0.15) is 84.5 Å². The first-order valence-electron chi connectivity index (χ1n) is 8.48. The topological polar surface area (TPSA) is 63.6 Å². The molecule has 4 nitrogen and oxygen atoms in total. The van der Waals surface area contributed by atoms with E-state index in [9.17, 15) is 14.7 Å². The van der Waals surface area contributed by atoms with Gasteiger partial charge in [0.15, 0.2) is 0 Å². The Morgan fingerprint density at radius 1 is 1.14 bits per heavy atom. The number of ether oxygens (including phenoxy) is 1. The largest absolute Gasteiger partial charge is 0.478 e. The van der Waals surface area contributed by atoms with Gasteiger partial charge in [0.25, 0.3) is 0 Å². The minimum atomic E-state index is -1.25. The van der Waals surface area contributed by atoms with E-state index >= 15 is 0 Å². The van der Waals surface area contributed by atoms with Crippen molar-refractivity contribution in [1.29, 1.82) is 0 Å². The molecular formula is C17H30O4. The summed E-state index contributed by atoms with van der Waals surface area (Å²) in [5.74, 6) is -1.65. The van der Waals surface area contributed by atoms with E-state index in [1.54, 1.807) is 6.92 Å². The standard InChI is InChI=1S/C17H30O4/c1-3-4-5-6-7-8-9-10-11-12-17(16(19)20)13-14(2)15(18)21-17/h14H,3-13H2,1-2H3,(H,19,20). The number of carboxylic acid groups (broad SMARTS) is 1. The van der Waals surface area contributed by atoms with Gasteiger partial charge in [-0.15, -0.1) is 0 Å². The fraction of sp³-hybridized carbons (Fsp3) is 0.882. The van der Waals surface area contributed by atoms with Gasteiger partial charge in [0, 0.05) is 6.42 Å². The Morgan fingerprint density at radius 2 is 1.67 bits per heavy atom. The van der Waals surface area contributed by atoms with Gasteiger partial charge in [-0.3, -0.25) is 4.79 Å². The van der Waals surface area contributed by atoms with Crippen LogP contribution in [0.15, 0.2) is 0 Å². The Balaban J connectivity index is 2.15. The van der Waals surface area contributed by atoms with Crippen LogP contribution in [0.25, 0.3) is 0 Å². The summed E-state index contributed by atoms with van der Waals surface area (Å²) < 4.78 is 5.16. The van der Waals surface area contributed by atoms with Crippen molar-refractivity contribution in [3.8, 4) is 0 Å². The molecule has 0 radical (unpaired) electrons. The quantitative estimate of drug-likeness (QED) is 0.456. The highest BCUT2D eigenvalue weighted by atomic mass is 16.6. The van der Waals surface area contributed by atoms with Crippen LogP contribution in [0.2, 0.25) is 0 Å². The maximum atomic E-state index is 11.5. The highest BCUT2D eigenvalue weighted by Crippen LogP contribution is 2.35. The Morgan fingerprint density at radius 3 is 2.10 bits per heavy atom. The third kappa shape index (κ3) is 5.68. The van der Waals surface area contributed by atoms with Gasteiger partial charge in [-0.1, -0.05) is 65.2 Å². The number of hydrogen-bond donors (Lipinski definition) is 1. The lowest BCUT2D eigenvalue weighted by Gasteiger charge is -2.22. The van der Waals surface area contributed by atoms with E-state index in [0.29, 0.717) is 12.8 Å². The Bertz CT molecular complexity index is 340. The summed E-state index contributed by atoms with van der Waals surface area (Å²) in [6, 6.07) is 0. The van der Waals surface area contributed by atoms with Gasteiger partial charge in [0.1, 0.15) is 0 Å². The molecule has 1 rings (SSSR count). The van der Waals surface area contributed by atoms with Crippen molar-refractivity contribution in [3.63, 3.8) is 0 Å². The number of carbonyl (C=O) groups excluding carboxylic acids is 1. The molecule has 1 saturated heterocycles. The monoisotopic (exact) mass is 298 g/mol. The van der Waals surface area contributed by atoms with E-state index in [1.807, 2.05) is 0 Å². The zero-order chi connectivity index (χ0) is 15.7.